The highest BCUT2D eigenvalue weighted by molar-refractivity contribution is 7.93. The highest BCUT2D eigenvalue weighted by atomic mass is 32.2. The smallest absolute Gasteiger partial charge is 0.416 e. The lowest BCUT2D eigenvalue weighted by Crippen LogP contribution is -2.44. The summed E-state index contributed by atoms with van der Waals surface area (Å²) in [5.41, 5.74) is -4.42. The molecule has 62 heavy (non-hydrogen) atoms. The Balaban J connectivity index is 1.59. The lowest BCUT2D eigenvalue weighted by atomic mass is 10.0. The third-order valence-electron chi connectivity index (χ3n) is 10.1. The molecule has 328 valence electrons. The molecule has 1 saturated heterocycles. The number of methoxy groups -OCH3 is 2. The van der Waals surface area contributed by atoms with Crippen LogP contribution in [0.1, 0.15) is 47.2 Å². The number of nitrogens with zero attached hydrogens (tertiary/aromatic N) is 3. The molecule has 12 nitrogen and oxygen atoms in total. The van der Waals surface area contributed by atoms with Crippen molar-refractivity contribution in [3.05, 3.63) is 144 Å². The normalized spacial score (nSPS) is 15.2. The lowest BCUT2D eigenvalue weighted by Gasteiger charge is -2.33. The molecular formula is C42H37F6N3O9S2. The third-order valence-corrected chi connectivity index (χ3v) is 13.7. The van der Waals surface area contributed by atoms with Crippen molar-refractivity contribution < 1.29 is 67.3 Å². The molecule has 0 saturated carbocycles. The maximum Gasteiger partial charge on any atom is 0.416 e. The van der Waals surface area contributed by atoms with E-state index < -0.39 is 101 Å². The van der Waals surface area contributed by atoms with E-state index in [2.05, 4.69) is 0 Å². The van der Waals surface area contributed by atoms with Gasteiger partial charge in [-0.3, -0.25) is 9.10 Å². The number of halogens is 6. The summed E-state index contributed by atoms with van der Waals surface area (Å²) in [6.07, 6.45) is -9.09. The Labute approximate surface area is 352 Å². The fourth-order valence-electron chi connectivity index (χ4n) is 7.14. The number of carbonyl (C=O) groups is 2. The van der Waals surface area contributed by atoms with Gasteiger partial charge in [-0.05, 0) is 97.3 Å². The zero-order chi connectivity index (χ0) is 45.2. The minimum atomic E-state index is -5.44. The Bertz CT molecular complexity index is 2660. The summed E-state index contributed by atoms with van der Waals surface area (Å²) in [6, 6.07) is 18.2. The van der Waals surface area contributed by atoms with Gasteiger partial charge in [-0.15, -0.1) is 0 Å². The highest BCUT2D eigenvalue weighted by Gasteiger charge is 2.44. The van der Waals surface area contributed by atoms with E-state index in [0.717, 1.165) is 61.7 Å². The van der Waals surface area contributed by atoms with Crippen LogP contribution in [0.2, 0.25) is 0 Å². The fourth-order valence-corrected chi connectivity index (χ4v) is 10.3. The first-order valence-electron chi connectivity index (χ1n) is 18.5. The zero-order valence-corrected chi connectivity index (χ0v) is 34.3. The zero-order valence-electron chi connectivity index (χ0n) is 32.7. The van der Waals surface area contributed by atoms with Gasteiger partial charge < -0.3 is 19.5 Å². The number of ether oxygens (including phenoxy) is 2. The molecule has 2 atom stereocenters. The number of hydrogen-bond acceptors (Lipinski definition) is 8. The van der Waals surface area contributed by atoms with Gasteiger partial charge in [0.15, 0.2) is 6.04 Å². The van der Waals surface area contributed by atoms with Gasteiger partial charge in [0.05, 0.1) is 52.6 Å². The summed E-state index contributed by atoms with van der Waals surface area (Å²) >= 11 is 0. The number of carboxylic acids is 1. The number of hydrogen-bond donors (Lipinski definition) is 1. The summed E-state index contributed by atoms with van der Waals surface area (Å²) in [6.45, 7) is -0.962. The van der Waals surface area contributed by atoms with Crippen LogP contribution < -0.4 is 18.1 Å². The molecule has 20 heteroatoms. The molecule has 1 heterocycles. The molecule has 1 amide bonds. The van der Waals surface area contributed by atoms with Crippen LogP contribution in [-0.2, 0) is 42.0 Å². The number of aliphatic carboxylic acids is 1. The Hall–Kier alpha value is -6.28. The van der Waals surface area contributed by atoms with Crippen LogP contribution in [0, 0.1) is 0 Å². The van der Waals surface area contributed by atoms with Crippen LogP contribution in [-0.4, -0.2) is 66.0 Å². The molecule has 6 rings (SSSR count). The fraction of sp³-hybridized carbons (Fsp3) is 0.238. The van der Waals surface area contributed by atoms with Crippen LogP contribution >= 0.6 is 0 Å². The molecular weight excluding hydrogens is 869 g/mol. The maximum atomic E-state index is 15.2. The van der Waals surface area contributed by atoms with E-state index in [0.29, 0.717) is 47.0 Å². The molecule has 0 aliphatic carbocycles. The topological polar surface area (TPSA) is 151 Å². The van der Waals surface area contributed by atoms with Crippen LogP contribution in [0.15, 0.2) is 131 Å². The van der Waals surface area contributed by atoms with Crippen molar-refractivity contribution in [3.63, 3.8) is 0 Å². The van der Waals surface area contributed by atoms with Gasteiger partial charge in [-0.1, -0.05) is 42.5 Å². The molecule has 1 aliphatic rings. The summed E-state index contributed by atoms with van der Waals surface area (Å²) in [4.78, 5) is 27.5. The second-order valence-corrected chi connectivity index (χ2v) is 17.5. The maximum absolute atomic E-state index is 15.2. The SMILES string of the molecule is COc1ccc(S(=O)(=O)N(c2cccc(C(F)(F)F)c2)C(C(=O)O)c2cc(OC)ccc2S(=O)(=O)N(CC(=O)N2CCCC2c2ccccc2)c2cccc(C(F)(F)F)c2)cc1. The number of carbonyl (C=O) groups excluding carboxylic acids is 1. The Morgan fingerprint density at radius 1 is 0.726 bits per heavy atom. The van der Waals surface area contributed by atoms with Gasteiger partial charge in [0.25, 0.3) is 20.0 Å². The lowest BCUT2D eigenvalue weighted by molar-refractivity contribution is -0.139. The Morgan fingerprint density at radius 3 is 1.85 bits per heavy atom. The van der Waals surface area contributed by atoms with Gasteiger partial charge >= 0.3 is 18.3 Å². The monoisotopic (exact) mass is 905 g/mol. The molecule has 2 unspecified atom stereocenters. The van der Waals surface area contributed by atoms with E-state index in [1.54, 1.807) is 30.3 Å². The molecule has 0 aromatic heterocycles. The van der Waals surface area contributed by atoms with Crippen molar-refractivity contribution in [1.29, 1.82) is 0 Å². The molecule has 5 aromatic rings. The Kier molecular flexibility index (Phi) is 12.8. The van der Waals surface area contributed by atoms with Crippen molar-refractivity contribution in [2.75, 3.05) is 35.9 Å². The van der Waals surface area contributed by atoms with Crippen LogP contribution in [0.4, 0.5) is 37.7 Å². The molecule has 0 bridgehead atoms. The predicted octanol–water partition coefficient (Wildman–Crippen LogP) is 8.32. The highest BCUT2D eigenvalue weighted by Crippen LogP contribution is 2.42. The van der Waals surface area contributed by atoms with E-state index >= 15 is 8.42 Å². The first kappa shape index (κ1) is 45.3. The molecule has 0 spiro atoms. The van der Waals surface area contributed by atoms with Crippen LogP contribution in [0.3, 0.4) is 0 Å². The number of likely N-dealkylation sites (tertiary alicyclic amines) is 1. The van der Waals surface area contributed by atoms with E-state index in [1.807, 2.05) is 0 Å². The molecule has 1 N–H and O–H groups in total. The quantitative estimate of drug-likeness (QED) is 0.109. The number of carboxylic acid groups (broad SMARTS) is 1. The number of benzene rings is 5. The van der Waals surface area contributed by atoms with E-state index in [1.165, 1.54) is 24.1 Å². The minimum Gasteiger partial charge on any atom is -0.497 e. The van der Waals surface area contributed by atoms with Crippen molar-refractivity contribution in [2.45, 2.75) is 47.1 Å². The van der Waals surface area contributed by atoms with Gasteiger partial charge in [0.2, 0.25) is 5.91 Å². The largest absolute Gasteiger partial charge is 0.497 e. The molecule has 1 fully saturated rings. The summed E-state index contributed by atoms with van der Waals surface area (Å²) < 4.78 is 155. The number of sulfonamides is 2. The Morgan fingerprint density at radius 2 is 1.29 bits per heavy atom. The number of amides is 1. The van der Waals surface area contributed by atoms with E-state index in [4.69, 9.17) is 9.47 Å². The number of rotatable bonds is 14. The van der Waals surface area contributed by atoms with Crippen molar-refractivity contribution >= 4 is 43.3 Å². The van der Waals surface area contributed by atoms with Gasteiger partial charge in [-0.25, -0.2) is 25.9 Å². The van der Waals surface area contributed by atoms with Crippen molar-refractivity contribution in [3.8, 4) is 11.5 Å². The first-order chi connectivity index (χ1) is 29.2. The summed E-state index contributed by atoms with van der Waals surface area (Å²) in [5, 5.41) is 11.0. The van der Waals surface area contributed by atoms with Crippen LogP contribution in [0.25, 0.3) is 0 Å². The molecule has 5 aromatic carbocycles. The first-order valence-corrected chi connectivity index (χ1v) is 21.4. The summed E-state index contributed by atoms with van der Waals surface area (Å²) in [5.74, 6) is -3.03. The van der Waals surface area contributed by atoms with Gasteiger partial charge in [-0.2, -0.15) is 26.3 Å². The van der Waals surface area contributed by atoms with Crippen molar-refractivity contribution in [2.24, 2.45) is 0 Å². The third kappa shape index (κ3) is 9.30. The summed E-state index contributed by atoms with van der Waals surface area (Å²) in [7, 11) is -8.34. The van der Waals surface area contributed by atoms with E-state index in [9.17, 15) is 49.5 Å². The number of anilines is 2. The second-order valence-electron chi connectivity index (χ2n) is 13.9. The van der Waals surface area contributed by atoms with Crippen molar-refractivity contribution in [1.82, 2.24) is 4.90 Å². The average molecular weight is 906 g/mol. The van der Waals surface area contributed by atoms with Gasteiger partial charge in [0.1, 0.15) is 18.0 Å². The predicted molar refractivity (Wildman–Crippen MR) is 214 cm³/mol. The standard InChI is InChI=1S/C42H37F6N3O9S2/c1-59-32-16-19-34(20-17-32)61(55,56)51(31-14-7-12-29(24-31)42(46,47)48)39(40(53)54)35-25-33(60-2)18-21-37(35)62(57,58)50(30-13-6-11-28(23-30)41(43,44)45)26-38(52)49-22-8-15-36(49)27-9-4-3-5-10-27/h3-7,9-14,16-21,23-25,36,39H,8,15,22,26H2,1-2H3,(H,53,54). The van der Waals surface area contributed by atoms with Gasteiger partial charge in [0, 0.05) is 12.1 Å². The molecule has 0 radical (unpaired) electrons. The average Bonchev–Trinajstić information content (AvgIpc) is 3.74. The second kappa shape index (κ2) is 17.6. The minimum absolute atomic E-state index is 0.0919. The molecule has 1 aliphatic heterocycles. The van der Waals surface area contributed by atoms with Crippen LogP contribution in [0.5, 0.6) is 11.5 Å². The van der Waals surface area contributed by atoms with E-state index in [-0.39, 0.29) is 22.3 Å². The number of alkyl halides is 6.